The van der Waals surface area contributed by atoms with E-state index in [0.29, 0.717) is 0 Å². The highest BCUT2D eigenvalue weighted by molar-refractivity contribution is 5.72. The molecule has 0 aromatic heterocycles. The number of rotatable bonds is 5. The van der Waals surface area contributed by atoms with Crippen LogP contribution in [-0.2, 0) is 0 Å². The summed E-state index contributed by atoms with van der Waals surface area (Å²) in [5.74, 6) is 0. The van der Waals surface area contributed by atoms with Gasteiger partial charge in [0.05, 0.1) is 6.10 Å². The van der Waals surface area contributed by atoms with Gasteiger partial charge < -0.3 is 15.4 Å². The van der Waals surface area contributed by atoms with Crippen molar-refractivity contribution in [3.63, 3.8) is 0 Å². The van der Waals surface area contributed by atoms with E-state index in [2.05, 4.69) is 35.7 Å². The number of allylic oxidation sites excluding steroid dienone is 4. The van der Waals surface area contributed by atoms with Gasteiger partial charge in [0.1, 0.15) is 0 Å². The number of aliphatic hydroxyl groups is 1. The molecular weight excluding hydrogens is 248 g/mol. The molecule has 3 heteroatoms. The molecule has 1 aromatic rings. The molecule has 1 atom stereocenters. The van der Waals surface area contributed by atoms with Crippen LogP contribution in [0.3, 0.4) is 0 Å². The second-order valence-corrected chi connectivity index (χ2v) is 4.85. The Hall–Kier alpha value is -2.13. The summed E-state index contributed by atoms with van der Waals surface area (Å²) in [5, 5.41) is 16.6. The van der Waals surface area contributed by atoms with Crippen molar-refractivity contribution in [3.05, 3.63) is 60.2 Å². The second kappa shape index (κ2) is 6.87. The lowest BCUT2D eigenvalue weighted by Gasteiger charge is -2.17. The molecule has 0 saturated carbocycles. The maximum Gasteiger partial charge on any atom is 0.0731 e. The van der Waals surface area contributed by atoms with E-state index < -0.39 is 0 Å². The molecule has 0 aliphatic carbocycles. The minimum absolute atomic E-state index is 0.198. The lowest BCUT2D eigenvalue weighted by molar-refractivity contribution is 0.198. The largest absolute Gasteiger partial charge is 0.391 e. The third-order valence-electron chi connectivity index (χ3n) is 3.40. The van der Waals surface area contributed by atoms with Gasteiger partial charge in [-0.25, -0.2) is 0 Å². The molecule has 1 aliphatic rings. The van der Waals surface area contributed by atoms with E-state index in [1.807, 2.05) is 12.2 Å². The topological polar surface area (TPSA) is 47.3 Å². The van der Waals surface area contributed by atoms with Crippen LogP contribution < -0.4 is 4.90 Å². The summed E-state index contributed by atoms with van der Waals surface area (Å²) in [4.78, 5) is 2.20. The fourth-order valence-electron chi connectivity index (χ4n) is 2.25. The monoisotopic (exact) mass is 268 g/mol. The second-order valence-electron chi connectivity index (χ2n) is 4.85. The van der Waals surface area contributed by atoms with Gasteiger partial charge in [0.2, 0.25) is 0 Å². The number of hydrogen-bond donors (Lipinski definition) is 2. The minimum atomic E-state index is -0.198. The van der Waals surface area contributed by atoms with E-state index >= 15 is 0 Å². The Kier molecular flexibility index (Phi) is 4.91. The predicted octanol–water partition coefficient (Wildman–Crippen LogP) is 3.03. The van der Waals surface area contributed by atoms with Gasteiger partial charge in [0, 0.05) is 25.0 Å². The lowest BCUT2D eigenvalue weighted by Crippen LogP contribution is -2.20. The van der Waals surface area contributed by atoms with Gasteiger partial charge >= 0.3 is 0 Å². The average Bonchev–Trinajstić information content (AvgIpc) is 2.90. The Balaban J connectivity index is 2.05. The van der Waals surface area contributed by atoms with Crippen LogP contribution >= 0.6 is 0 Å². The SMILES string of the molecule is C=CC(/C=C/c1ccc(N2CCC(O)C2)cc1)=C\C=N. The molecule has 1 aromatic carbocycles. The van der Waals surface area contributed by atoms with E-state index in [1.165, 1.54) is 6.21 Å². The fraction of sp³-hybridized carbons (Fsp3) is 0.235. The summed E-state index contributed by atoms with van der Waals surface area (Å²) < 4.78 is 0. The van der Waals surface area contributed by atoms with Crippen LogP contribution in [0.1, 0.15) is 12.0 Å². The fourth-order valence-corrected chi connectivity index (χ4v) is 2.25. The summed E-state index contributed by atoms with van der Waals surface area (Å²) in [7, 11) is 0. The normalized spacial score (nSPS) is 19.6. The Bertz CT molecular complexity index is 528. The molecule has 1 heterocycles. The van der Waals surface area contributed by atoms with Crippen molar-refractivity contribution < 1.29 is 5.11 Å². The average molecular weight is 268 g/mol. The molecule has 1 fully saturated rings. The van der Waals surface area contributed by atoms with Crippen molar-refractivity contribution in [1.29, 1.82) is 5.41 Å². The van der Waals surface area contributed by atoms with E-state index in [1.54, 1.807) is 12.2 Å². The first kappa shape index (κ1) is 14.3. The van der Waals surface area contributed by atoms with Crippen LogP contribution in [-0.4, -0.2) is 30.5 Å². The van der Waals surface area contributed by atoms with E-state index in [-0.39, 0.29) is 6.10 Å². The lowest BCUT2D eigenvalue weighted by atomic mass is 10.1. The van der Waals surface area contributed by atoms with Crippen molar-refractivity contribution in [3.8, 4) is 0 Å². The zero-order valence-electron chi connectivity index (χ0n) is 11.5. The molecule has 104 valence electrons. The van der Waals surface area contributed by atoms with Gasteiger partial charge in [-0.05, 0) is 35.8 Å². The summed E-state index contributed by atoms with van der Waals surface area (Å²) in [6, 6.07) is 8.26. The van der Waals surface area contributed by atoms with Crippen molar-refractivity contribution in [2.75, 3.05) is 18.0 Å². The first-order chi connectivity index (χ1) is 9.72. The van der Waals surface area contributed by atoms with Gasteiger partial charge in [-0.15, -0.1) is 0 Å². The quantitative estimate of drug-likeness (QED) is 0.637. The van der Waals surface area contributed by atoms with Crippen LogP contribution in [0.4, 0.5) is 5.69 Å². The maximum atomic E-state index is 9.55. The minimum Gasteiger partial charge on any atom is -0.391 e. The smallest absolute Gasteiger partial charge is 0.0731 e. The van der Waals surface area contributed by atoms with Gasteiger partial charge in [0.25, 0.3) is 0 Å². The molecule has 1 aliphatic heterocycles. The molecular formula is C17H20N2O. The van der Waals surface area contributed by atoms with Gasteiger partial charge in [-0.2, -0.15) is 0 Å². The molecule has 2 N–H and O–H groups in total. The van der Waals surface area contributed by atoms with E-state index in [0.717, 1.165) is 36.3 Å². The Morgan fingerprint density at radius 1 is 1.35 bits per heavy atom. The Morgan fingerprint density at radius 2 is 2.10 bits per heavy atom. The molecule has 0 bridgehead atoms. The Morgan fingerprint density at radius 3 is 2.65 bits per heavy atom. The number of nitrogens with one attached hydrogen (secondary N) is 1. The number of aliphatic hydroxyl groups excluding tert-OH is 1. The Labute approximate surface area is 120 Å². The molecule has 0 amide bonds. The highest BCUT2D eigenvalue weighted by Crippen LogP contribution is 2.21. The summed E-state index contributed by atoms with van der Waals surface area (Å²) in [6.07, 6.45) is 9.26. The van der Waals surface area contributed by atoms with Crippen molar-refractivity contribution in [1.82, 2.24) is 0 Å². The van der Waals surface area contributed by atoms with Crippen LogP contribution in [0.25, 0.3) is 6.08 Å². The van der Waals surface area contributed by atoms with Crippen molar-refractivity contribution in [2.45, 2.75) is 12.5 Å². The summed E-state index contributed by atoms with van der Waals surface area (Å²) in [5.41, 5.74) is 3.16. The van der Waals surface area contributed by atoms with Crippen LogP contribution in [0, 0.1) is 5.41 Å². The van der Waals surface area contributed by atoms with Gasteiger partial charge in [0.15, 0.2) is 0 Å². The first-order valence-electron chi connectivity index (χ1n) is 6.77. The van der Waals surface area contributed by atoms with Crippen LogP contribution in [0.2, 0.25) is 0 Å². The standard InChI is InChI=1S/C17H20N2O/c1-2-14(9-11-18)3-4-15-5-7-16(8-6-15)19-12-10-17(20)13-19/h2-9,11,17-18,20H,1,10,12-13H2/b4-3+,14-9+,18-11?. The molecule has 20 heavy (non-hydrogen) atoms. The predicted molar refractivity (Wildman–Crippen MR) is 85.4 cm³/mol. The van der Waals surface area contributed by atoms with Gasteiger partial charge in [-0.1, -0.05) is 36.9 Å². The molecule has 3 nitrogen and oxygen atoms in total. The highest BCUT2D eigenvalue weighted by atomic mass is 16.3. The van der Waals surface area contributed by atoms with Crippen molar-refractivity contribution >= 4 is 18.0 Å². The number of benzene rings is 1. The molecule has 2 rings (SSSR count). The number of hydrogen-bond acceptors (Lipinski definition) is 3. The van der Waals surface area contributed by atoms with Gasteiger partial charge in [-0.3, -0.25) is 0 Å². The molecule has 0 spiro atoms. The summed E-state index contributed by atoms with van der Waals surface area (Å²) >= 11 is 0. The van der Waals surface area contributed by atoms with E-state index in [9.17, 15) is 5.11 Å². The van der Waals surface area contributed by atoms with Crippen molar-refractivity contribution in [2.24, 2.45) is 0 Å². The highest BCUT2D eigenvalue weighted by Gasteiger charge is 2.19. The van der Waals surface area contributed by atoms with Crippen LogP contribution in [0.5, 0.6) is 0 Å². The molecule has 1 unspecified atom stereocenters. The molecule has 1 saturated heterocycles. The number of anilines is 1. The number of nitrogens with zero attached hydrogens (tertiary/aromatic N) is 1. The van der Waals surface area contributed by atoms with Crippen LogP contribution in [0.15, 0.2) is 54.6 Å². The third kappa shape index (κ3) is 3.68. The summed E-state index contributed by atoms with van der Waals surface area (Å²) in [6.45, 7) is 5.35. The number of β-amino-alcohol motifs (C(OH)–C–C–N with tert-alkyl or cyclic N) is 1. The molecule has 0 radical (unpaired) electrons. The zero-order valence-corrected chi connectivity index (χ0v) is 11.5. The van der Waals surface area contributed by atoms with E-state index in [4.69, 9.17) is 5.41 Å². The third-order valence-corrected chi connectivity index (χ3v) is 3.40. The maximum absolute atomic E-state index is 9.55. The first-order valence-corrected chi connectivity index (χ1v) is 6.77. The zero-order chi connectivity index (χ0) is 14.4.